The fourth-order valence-electron chi connectivity index (χ4n) is 1.72. The van der Waals surface area contributed by atoms with E-state index < -0.39 is 10.1 Å². The topological polar surface area (TPSA) is 102 Å². The SMILES string of the molecule is COc1ccc2cc(SOOO)cc(S(=O)(=O)O)c2c1. The van der Waals surface area contributed by atoms with Gasteiger partial charge in [-0.2, -0.15) is 8.42 Å². The lowest BCUT2D eigenvalue weighted by Gasteiger charge is -2.08. The Labute approximate surface area is 118 Å². The standard InChI is InChI=1S/C11H10O7S2/c1-16-8-3-2-7-4-9(19-18-17-12)6-11(10(7)5-8)20(13,14)15/h2-6,12H,1H3,(H,13,14,15). The third-order valence-electron chi connectivity index (χ3n) is 2.54. The Hall–Kier alpha value is -1.36. The van der Waals surface area contributed by atoms with E-state index in [1.54, 1.807) is 18.2 Å². The molecule has 2 aromatic carbocycles. The molecule has 0 aliphatic carbocycles. The van der Waals surface area contributed by atoms with Crippen molar-refractivity contribution in [2.45, 2.75) is 9.79 Å². The van der Waals surface area contributed by atoms with Crippen molar-refractivity contribution in [1.29, 1.82) is 0 Å². The summed E-state index contributed by atoms with van der Waals surface area (Å²) in [6.07, 6.45) is 0. The van der Waals surface area contributed by atoms with Crippen molar-refractivity contribution >= 4 is 32.9 Å². The maximum Gasteiger partial charge on any atom is 0.295 e. The summed E-state index contributed by atoms with van der Waals surface area (Å²) in [4.78, 5) is 0.0299. The summed E-state index contributed by atoms with van der Waals surface area (Å²) in [6, 6.07) is 7.57. The molecule has 0 aromatic heterocycles. The number of hydrogen-bond acceptors (Lipinski definition) is 7. The van der Waals surface area contributed by atoms with Crippen molar-refractivity contribution in [2.75, 3.05) is 7.11 Å². The maximum absolute atomic E-state index is 11.5. The first-order valence-corrected chi connectivity index (χ1v) is 7.38. The zero-order valence-electron chi connectivity index (χ0n) is 10.1. The van der Waals surface area contributed by atoms with E-state index in [1.807, 2.05) is 0 Å². The van der Waals surface area contributed by atoms with Crippen LogP contribution in [0.5, 0.6) is 5.75 Å². The van der Waals surface area contributed by atoms with Crippen LogP contribution in [0.25, 0.3) is 10.8 Å². The number of fused-ring (bicyclic) bond motifs is 1. The molecule has 0 aliphatic rings. The van der Waals surface area contributed by atoms with Crippen LogP contribution in [0, 0.1) is 0 Å². The van der Waals surface area contributed by atoms with Gasteiger partial charge in [0.1, 0.15) is 10.6 Å². The zero-order chi connectivity index (χ0) is 14.8. The van der Waals surface area contributed by atoms with Crippen LogP contribution < -0.4 is 4.74 Å². The van der Waals surface area contributed by atoms with Gasteiger partial charge in [0, 0.05) is 10.3 Å². The average molecular weight is 318 g/mol. The van der Waals surface area contributed by atoms with Crippen LogP contribution in [-0.4, -0.2) is 25.3 Å². The number of benzene rings is 2. The van der Waals surface area contributed by atoms with Gasteiger partial charge in [0.25, 0.3) is 10.1 Å². The van der Waals surface area contributed by atoms with E-state index in [4.69, 9.17) is 9.99 Å². The van der Waals surface area contributed by atoms with E-state index >= 15 is 0 Å². The maximum atomic E-state index is 11.5. The second-order valence-corrected chi connectivity index (χ2v) is 5.87. The molecule has 9 heteroatoms. The highest BCUT2D eigenvalue weighted by atomic mass is 32.2. The van der Waals surface area contributed by atoms with Gasteiger partial charge < -0.3 is 4.74 Å². The molecule has 0 unspecified atom stereocenters. The lowest BCUT2D eigenvalue weighted by atomic mass is 10.1. The van der Waals surface area contributed by atoms with E-state index in [0.29, 0.717) is 33.5 Å². The molecule has 0 radical (unpaired) electrons. The van der Waals surface area contributed by atoms with Crippen LogP contribution in [0.2, 0.25) is 0 Å². The molecule has 0 heterocycles. The van der Waals surface area contributed by atoms with E-state index in [-0.39, 0.29) is 4.90 Å². The molecule has 2 N–H and O–H groups in total. The minimum atomic E-state index is -4.43. The van der Waals surface area contributed by atoms with Crippen molar-refractivity contribution < 1.29 is 32.3 Å². The summed E-state index contributed by atoms with van der Waals surface area (Å²) in [5, 5.41) is 12.4. The second-order valence-electron chi connectivity index (χ2n) is 3.71. The van der Waals surface area contributed by atoms with Crippen LogP contribution in [0.4, 0.5) is 0 Å². The number of rotatable bonds is 5. The molecule has 0 saturated carbocycles. The molecule has 108 valence electrons. The van der Waals surface area contributed by atoms with Crippen LogP contribution in [0.15, 0.2) is 40.1 Å². The Kier molecular flexibility index (Phi) is 4.48. The molecule has 0 saturated heterocycles. The summed E-state index contributed by atoms with van der Waals surface area (Å²) in [5.74, 6) is 0.456. The monoisotopic (exact) mass is 318 g/mol. The first kappa shape index (κ1) is 15.0. The van der Waals surface area contributed by atoms with Gasteiger partial charge in [-0.3, -0.25) is 4.55 Å². The molecular weight excluding hydrogens is 308 g/mol. The van der Waals surface area contributed by atoms with Gasteiger partial charge >= 0.3 is 0 Å². The molecule has 0 bridgehead atoms. The second kappa shape index (κ2) is 5.95. The van der Waals surface area contributed by atoms with Crippen molar-refractivity contribution in [1.82, 2.24) is 0 Å². The minimum Gasteiger partial charge on any atom is -0.497 e. The molecule has 0 fully saturated rings. The van der Waals surface area contributed by atoms with Crippen molar-refractivity contribution in [3.63, 3.8) is 0 Å². The fourth-order valence-corrected chi connectivity index (χ4v) is 2.97. The molecule has 7 nitrogen and oxygen atoms in total. The summed E-state index contributed by atoms with van der Waals surface area (Å²) in [6.45, 7) is 0. The zero-order valence-corrected chi connectivity index (χ0v) is 11.8. The molecule has 0 spiro atoms. The largest absolute Gasteiger partial charge is 0.497 e. The van der Waals surface area contributed by atoms with Gasteiger partial charge in [-0.25, -0.2) is 5.26 Å². The lowest BCUT2D eigenvalue weighted by Crippen LogP contribution is -2.00. The van der Waals surface area contributed by atoms with Crippen LogP contribution >= 0.6 is 12.0 Å². The van der Waals surface area contributed by atoms with E-state index in [9.17, 15) is 13.0 Å². The number of ether oxygens (including phenoxy) is 1. The quantitative estimate of drug-likeness (QED) is 0.375. The third kappa shape index (κ3) is 3.20. The highest BCUT2D eigenvalue weighted by Gasteiger charge is 2.17. The van der Waals surface area contributed by atoms with Gasteiger partial charge in [0.15, 0.2) is 0 Å². The van der Waals surface area contributed by atoms with Crippen LogP contribution in [0.3, 0.4) is 0 Å². The van der Waals surface area contributed by atoms with Gasteiger partial charge in [0.05, 0.1) is 19.2 Å². The normalized spacial score (nSPS) is 11.8. The summed E-state index contributed by atoms with van der Waals surface area (Å²) >= 11 is 0.596. The third-order valence-corrected chi connectivity index (χ3v) is 3.99. The average Bonchev–Trinajstić information content (AvgIpc) is 2.42. The van der Waals surface area contributed by atoms with Crippen molar-refractivity contribution in [3.8, 4) is 5.75 Å². The highest BCUT2D eigenvalue weighted by Crippen LogP contribution is 2.32. The van der Waals surface area contributed by atoms with Gasteiger partial charge in [0.2, 0.25) is 0 Å². The Morgan fingerprint density at radius 3 is 2.55 bits per heavy atom. The minimum absolute atomic E-state index is 0.294. The Morgan fingerprint density at radius 2 is 1.95 bits per heavy atom. The summed E-state index contributed by atoms with van der Waals surface area (Å²) in [7, 11) is -2.98. The molecular formula is C11H10O7S2. The van der Waals surface area contributed by atoms with E-state index in [2.05, 4.69) is 9.37 Å². The van der Waals surface area contributed by atoms with Crippen LogP contribution in [-0.2, 0) is 19.5 Å². The predicted molar refractivity (Wildman–Crippen MR) is 71.0 cm³/mol. The predicted octanol–water partition coefficient (Wildman–Crippen LogP) is 2.52. The van der Waals surface area contributed by atoms with Gasteiger partial charge in [-0.15, -0.1) is 4.33 Å². The van der Waals surface area contributed by atoms with E-state index in [1.165, 1.54) is 19.2 Å². The lowest BCUT2D eigenvalue weighted by molar-refractivity contribution is -0.432. The molecule has 20 heavy (non-hydrogen) atoms. The van der Waals surface area contributed by atoms with Gasteiger partial charge in [-0.05, 0) is 29.7 Å². The molecule has 0 amide bonds. The van der Waals surface area contributed by atoms with Crippen molar-refractivity contribution in [2.24, 2.45) is 0 Å². The Bertz CT molecular complexity index is 727. The smallest absolute Gasteiger partial charge is 0.295 e. The van der Waals surface area contributed by atoms with Crippen LogP contribution in [0.1, 0.15) is 0 Å². The van der Waals surface area contributed by atoms with Gasteiger partial charge in [-0.1, -0.05) is 11.1 Å². The first-order chi connectivity index (χ1) is 9.45. The van der Waals surface area contributed by atoms with E-state index in [0.717, 1.165) is 0 Å². The fraction of sp³-hybridized carbons (Fsp3) is 0.0909. The number of hydrogen-bond donors (Lipinski definition) is 2. The molecule has 2 rings (SSSR count). The Morgan fingerprint density at radius 1 is 1.20 bits per heavy atom. The number of methoxy groups -OCH3 is 1. The molecule has 0 aliphatic heterocycles. The Balaban J connectivity index is 2.68. The first-order valence-electron chi connectivity index (χ1n) is 5.20. The molecule has 2 aromatic rings. The summed E-state index contributed by atoms with van der Waals surface area (Å²) < 4.78 is 41.5. The summed E-state index contributed by atoms with van der Waals surface area (Å²) in [5.41, 5.74) is 0. The molecule has 0 atom stereocenters. The van der Waals surface area contributed by atoms with Crippen molar-refractivity contribution in [3.05, 3.63) is 30.3 Å². The highest BCUT2D eigenvalue weighted by molar-refractivity contribution is 7.94.